The van der Waals surface area contributed by atoms with E-state index in [2.05, 4.69) is 0 Å². The van der Waals surface area contributed by atoms with Crippen LogP contribution < -0.4 is 0 Å². The molecule has 0 aromatic heterocycles. The predicted molar refractivity (Wildman–Crippen MR) is 42.9 cm³/mol. The standard InChI is InChI=1S/C7H12ClNO2/c1-6-2-3-9(7(8)10)4-5-11-6/h6H,2-5H2,1H3. The van der Waals surface area contributed by atoms with E-state index in [0.29, 0.717) is 19.7 Å². The van der Waals surface area contributed by atoms with Crippen LogP contribution in [0.25, 0.3) is 0 Å². The summed E-state index contributed by atoms with van der Waals surface area (Å²) in [6.07, 6.45) is 1.12. The van der Waals surface area contributed by atoms with Gasteiger partial charge in [0.2, 0.25) is 0 Å². The van der Waals surface area contributed by atoms with Crippen LogP contribution in [0.5, 0.6) is 0 Å². The number of rotatable bonds is 0. The van der Waals surface area contributed by atoms with Crippen LogP contribution in [0.3, 0.4) is 0 Å². The zero-order chi connectivity index (χ0) is 8.27. The fourth-order valence-corrected chi connectivity index (χ4v) is 1.24. The molecular weight excluding hydrogens is 166 g/mol. The maximum atomic E-state index is 10.7. The maximum absolute atomic E-state index is 10.7. The SMILES string of the molecule is CC1CCN(C(=O)Cl)CCO1. The number of carbonyl (C=O) groups excluding carboxylic acids is 1. The first-order valence-corrected chi connectivity index (χ1v) is 4.14. The number of carbonyl (C=O) groups is 1. The summed E-state index contributed by atoms with van der Waals surface area (Å²) in [7, 11) is 0. The van der Waals surface area contributed by atoms with E-state index in [1.54, 1.807) is 4.90 Å². The topological polar surface area (TPSA) is 29.5 Å². The largest absolute Gasteiger partial charge is 0.377 e. The van der Waals surface area contributed by atoms with Crippen LogP contribution in [0.4, 0.5) is 4.79 Å². The van der Waals surface area contributed by atoms with Crippen LogP contribution >= 0.6 is 11.6 Å². The van der Waals surface area contributed by atoms with Crippen molar-refractivity contribution in [2.45, 2.75) is 19.4 Å². The van der Waals surface area contributed by atoms with E-state index in [1.165, 1.54) is 0 Å². The molecule has 0 bridgehead atoms. The van der Waals surface area contributed by atoms with Crippen molar-refractivity contribution in [1.82, 2.24) is 4.90 Å². The summed E-state index contributed by atoms with van der Waals surface area (Å²) in [5.41, 5.74) is 0. The van der Waals surface area contributed by atoms with Crippen LogP contribution in [0, 0.1) is 0 Å². The van der Waals surface area contributed by atoms with Gasteiger partial charge in [-0.3, -0.25) is 4.79 Å². The minimum Gasteiger partial charge on any atom is -0.377 e. The summed E-state index contributed by atoms with van der Waals surface area (Å²) in [5, 5.41) is -0.372. The zero-order valence-corrected chi connectivity index (χ0v) is 7.30. The first-order valence-electron chi connectivity index (χ1n) is 3.76. The molecule has 0 saturated carbocycles. The van der Waals surface area contributed by atoms with E-state index in [0.717, 1.165) is 6.42 Å². The van der Waals surface area contributed by atoms with Gasteiger partial charge >= 0.3 is 5.37 Å². The predicted octanol–water partition coefficient (Wildman–Crippen LogP) is 1.46. The first-order chi connectivity index (χ1) is 5.20. The van der Waals surface area contributed by atoms with Crippen molar-refractivity contribution < 1.29 is 9.53 Å². The van der Waals surface area contributed by atoms with Gasteiger partial charge in [0.25, 0.3) is 0 Å². The molecule has 1 aliphatic heterocycles. The second kappa shape index (κ2) is 3.93. The zero-order valence-electron chi connectivity index (χ0n) is 6.55. The minimum absolute atomic E-state index is 0.246. The number of halogens is 1. The van der Waals surface area contributed by atoms with Crippen LogP contribution in [0.15, 0.2) is 0 Å². The van der Waals surface area contributed by atoms with Crippen molar-refractivity contribution in [2.75, 3.05) is 19.7 Å². The Morgan fingerprint density at radius 3 is 3.00 bits per heavy atom. The highest BCUT2D eigenvalue weighted by Gasteiger charge is 2.16. The molecule has 0 aromatic rings. The molecule has 1 heterocycles. The van der Waals surface area contributed by atoms with Crippen molar-refractivity contribution in [3.05, 3.63) is 0 Å². The van der Waals surface area contributed by atoms with E-state index in [4.69, 9.17) is 16.3 Å². The lowest BCUT2D eigenvalue weighted by Crippen LogP contribution is -2.28. The molecule has 1 unspecified atom stereocenters. The Labute approximate surface area is 71.3 Å². The molecule has 1 saturated heterocycles. The van der Waals surface area contributed by atoms with Gasteiger partial charge in [0, 0.05) is 13.1 Å². The van der Waals surface area contributed by atoms with Gasteiger partial charge in [-0.15, -0.1) is 0 Å². The van der Waals surface area contributed by atoms with Gasteiger partial charge < -0.3 is 9.64 Å². The van der Waals surface area contributed by atoms with E-state index < -0.39 is 0 Å². The molecule has 1 amide bonds. The molecular formula is C7H12ClNO2. The lowest BCUT2D eigenvalue weighted by atomic mass is 10.3. The van der Waals surface area contributed by atoms with Crippen LogP contribution in [0.2, 0.25) is 0 Å². The van der Waals surface area contributed by atoms with Crippen molar-refractivity contribution in [3.8, 4) is 0 Å². The van der Waals surface area contributed by atoms with Crippen LogP contribution in [-0.4, -0.2) is 36.1 Å². The normalized spacial score (nSPS) is 26.4. The summed E-state index contributed by atoms with van der Waals surface area (Å²) in [6.45, 7) is 3.93. The van der Waals surface area contributed by atoms with Gasteiger partial charge in [-0.1, -0.05) is 0 Å². The molecule has 0 aromatic carbocycles. The first kappa shape index (κ1) is 8.81. The molecule has 1 rings (SSSR count). The average molecular weight is 178 g/mol. The number of hydrogen-bond donors (Lipinski definition) is 0. The summed E-state index contributed by atoms with van der Waals surface area (Å²) in [6, 6.07) is 0. The highest BCUT2D eigenvalue weighted by atomic mass is 35.5. The Hall–Kier alpha value is -0.280. The lowest BCUT2D eigenvalue weighted by Gasteiger charge is -2.14. The van der Waals surface area contributed by atoms with Crippen molar-refractivity contribution in [3.63, 3.8) is 0 Å². The quantitative estimate of drug-likeness (QED) is 0.414. The third kappa shape index (κ3) is 2.67. The number of ether oxygens (including phenoxy) is 1. The maximum Gasteiger partial charge on any atom is 0.316 e. The molecule has 0 N–H and O–H groups in total. The molecule has 0 aliphatic carbocycles. The molecule has 1 aliphatic rings. The minimum atomic E-state index is -0.372. The van der Waals surface area contributed by atoms with Gasteiger partial charge in [0.1, 0.15) is 0 Å². The highest BCUT2D eigenvalue weighted by Crippen LogP contribution is 2.07. The highest BCUT2D eigenvalue weighted by molar-refractivity contribution is 6.62. The Balaban J connectivity index is 2.40. The summed E-state index contributed by atoms with van der Waals surface area (Å²) < 4.78 is 5.33. The molecule has 64 valence electrons. The van der Waals surface area contributed by atoms with Crippen molar-refractivity contribution in [1.29, 1.82) is 0 Å². The third-order valence-electron chi connectivity index (χ3n) is 1.82. The molecule has 4 heteroatoms. The number of nitrogens with zero attached hydrogens (tertiary/aromatic N) is 1. The average Bonchev–Trinajstić information content (AvgIpc) is 2.13. The molecule has 1 fully saturated rings. The second-order valence-electron chi connectivity index (χ2n) is 2.71. The second-order valence-corrected chi connectivity index (χ2v) is 3.03. The molecule has 3 nitrogen and oxygen atoms in total. The van der Waals surface area contributed by atoms with Gasteiger partial charge in [-0.25, -0.2) is 0 Å². The van der Waals surface area contributed by atoms with Gasteiger partial charge in [-0.05, 0) is 24.9 Å². The van der Waals surface area contributed by atoms with E-state index in [-0.39, 0.29) is 11.5 Å². The molecule has 0 radical (unpaired) electrons. The summed E-state index contributed by atoms with van der Waals surface area (Å²) in [4.78, 5) is 12.3. The van der Waals surface area contributed by atoms with Gasteiger partial charge in [-0.2, -0.15) is 0 Å². The number of hydrogen-bond acceptors (Lipinski definition) is 2. The van der Waals surface area contributed by atoms with Gasteiger partial charge in [0.15, 0.2) is 0 Å². The van der Waals surface area contributed by atoms with E-state index in [1.807, 2.05) is 6.92 Å². The smallest absolute Gasteiger partial charge is 0.316 e. The summed E-state index contributed by atoms with van der Waals surface area (Å²) in [5.74, 6) is 0. The monoisotopic (exact) mass is 177 g/mol. The van der Waals surface area contributed by atoms with Crippen LogP contribution in [0.1, 0.15) is 13.3 Å². The fourth-order valence-electron chi connectivity index (χ4n) is 1.07. The van der Waals surface area contributed by atoms with E-state index >= 15 is 0 Å². The molecule has 11 heavy (non-hydrogen) atoms. The molecule has 0 spiro atoms. The van der Waals surface area contributed by atoms with Gasteiger partial charge in [0.05, 0.1) is 12.7 Å². The Kier molecular flexibility index (Phi) is 3.15. The fraction of sp³-hybridized carbons (Fsp3) is 0.857. The van der Waals surface area contributed by atoms with Crippen LogP contribution in [-0.2, 0) is 4.74 Å². The van der Waals surface area contributed by atoms with Crippen molar-refractivity contribution in [2.24, 2.45) is 0 Å². The molecule has 1 atom stereocenters. The Morgan fingerprint density at radius 1 is 1.64 bits per heavy atom. The Morgan fingerprint density at radius 2 is 2.36 bits per heavy atom. The van der Waals surface area contributed by atoms with Crippen molar-refractivity contribution >= 4 is 17.0 Å². The van der Waals surface area contributed by atoms with E-state index in [9.17, 15) is 4.79 Å². The number of amides is 1. The lowest BCUT2D eigenvalue weighted by molar-refractivity contribution is 0.0763. The third-order valence-corrected chi connectivity index (χ3v) is 2.06. The summed E-state index contributed by atoms with van der Waals surface area (Å²) >= 11 is 5.31. The Bertz CT molecular complexity index is 151.